The SMILES string of the molecule is CCCN(CCC)[C@]1(O[C@@H]2[C@H]3OC[C@@H]2O[C@@H](O[C@@H]2[C@@H](O)[C@H](O[C@@H]4[C@H]5OC[C@@H]4O[C@@H](O)[C@H]5O)O[C@H](CO)[C@H]2O)[C@H]3O)O[C@H](CO)[C@H](O)[C@H](O)[C@]1(O)NC(=O)CCC(N)=O. The summed E-state index contributed by atoms with van der Waals surface area (Å²) in [4.78, 5) is 26.1. The first-order valence-corrected chi connectivity index (χ1v) is 19.5. The molecular weight excluding hydrogens is 786 g/mol. The topological polar surface area (TPSA) is 361 Å². The molecule has 6 fully saturated rings. The lowest BCUT2D eigenvalue weighted by Gasteiger charge is -2.59. The summed E-state index contributed by atoms with van der Waals surface area (Å²) in [7, 11) is 0. The number of hydrogen-bond acceptors (Lipinski definition) is 22. The van der Waals surface area contributed by atoms with Crippen molar-refractivity contribution < 1.29 is 103 Å². The minimum absolute atomic E-state index is 0.0629. The van der Waals surface area contributed by atoms with Gasteiger partial charge in [0, 0.05) is 25.9 Å². The lowest BCUT2D eigenvalue weighted by molar-refractivity contribution is -0.472. The Morgan fingerprint density at radius 3 is 1.93 bits per heavy atom. The highest BCUT2D eigenvalue weighted by atomic mass is 16.8. The van der Waals surface area contributed by atoms with Gasteiger partial charge in [0.15, 0.2) is 18.9 Å². The molecule has 0 unspecified atom stereocenters. The molecular formula is C34H57N3O21. The molecule has 0 aromatic rings. The zero-order valence-electron chi connectivity index (χ0n) is 32.0. The number of carbonyl (C=O) groups is 2. The van der Waals surface area contributed by atoms with E-state index in [-0.39, 0.29) is 26.3 Å². The summed E-state index contributed by atoms with van der Waals surface area (Å²) < 4.78 is 53.1. The van der Waals surface area contributed by atoms with Crippen molar-refractivity contribution >= 4 is 11.8 Å². The standard InChI is InChI=1S/C34H57N3O21/c1-3-7-37(8-4-2)34(33(49,36-18(41)6-5-17(35)40)29(47)20(43)14(10-39)57-34)58-25-16-12-51-28(25)23(46)32(54-16)56-26-19(42)13(9-38)53-31(22(26)45)55-24-15-11-50-27(24)21(44)30(48)52-15/h13-16,19-32,38-39,42-49H,3-12H2,1-2H3,(H2,35,40)(H,36,41)/t13-,14-,15+,16+,19-,20+,21+,22-,23+,24+,25+,26+,27+,28+,29+,30-,31+,32+,33-,34+/m1/s1. The molecule has 6 heterocycles. The zero-order chi connectivity index (χ0) is 42.3. The Labute approximate surface area is 332 Å². The van der Waals surface area contributed by atoms with Crippen LogP contribution < -0.4 is 11.1 Å². The Morgan fingerprint density at radius 2 is 1.33 bits per heavy atom. The molecule has 24 nitrogen and oxygen atoms in total. The lowest BCUT2D eigenvalue weighted by Crippen LogP contribution is -2.85. The van der Waals surface area contributed by atoms with E-state index >= 15 is 0 Å². The number of nitrogens with zero attached hydrogens (tertiary/aromatic N) is 1. The van der Waals surface area contributed by atoms with E-state index in [4.69, 9.17) is 48.4 Å². The van der Waals surface area contributed by atoms with Crippen LogP contribution in [-0.4, -0.2) is 229 Å². The molecule has 6 aliphatic heterocycles. The van der Waals surface area contributed by atoms with Gasteiger partial charge in [0.25, 0.3) is 5.91 Å². The van der Waals surface area contributed by atoms with Crippen LogP contribution in [0.25, 0.3) is 0 Å². The summed E-state index contributed by atoms with van der Waals surface area (Å²) in [6.07, 6.45) is -27.8. The van der Waals surface area contributed by atoms with Crippen molar-refractivity contribution in [1.82, 2.24) is 10.2 Å². The van der Waals surface area contributed by atoms with E-state index < -0.39 is 160 Å². The van der Waals surface area contributed by atoms with Gasteiger partial charge in [0.1, 0.15) is 91.6 Å². The van der Waals surface area contributed by atoms with Gasteiger partial charge in [0.05, 0.1) is 26.4 Å². The number of nitrogens with two attached hydrogens (primary N) is 1. The predicted octanol–water partition coefficient (Wildman–Crippen LogP) is -7.50. The molecule has 58 heavy (non-hydrogen) atoms. The summed E-state index contributed by atoms with van der Waals surface area (Å²) in [6, 6.07) is 0. The Morgan fingerprint density at radius 1 is 0.741 bits per heavy atom. The van der Waals surface area contributed by atoms with Crippen LogP contribution in [0.5, 0.6) is 0 Å². The number of aliphatic hydroxyl groups is 10. The van der Waals surface area contributed by atoms with Crippen molar-refractivity contribution in [3.8, 4) is 0 Å². The Bertz CT molecular complexity index is 1400. The monoisotopic (exact) mass is 843 g/mol. The van der Waals surface area contributed by atoms with Crippen LogP contribution in [0.2, 0.25) is 0 Å². The van der Waals surface area contributed by atoms with Gasteiger partial charge < -0.3 is 105 Å². The Balaban J connectivity index is 1.26. The molecule has 0 radical (unpaired) electrons. The minimum atomic E-state index is -3.03. The third-order valence-corrected chi connectivity index (χ3v) is 11.3. The van der Waals surface area contributed by atoms with Crippen LogP contribution in [-0.2, 0) is 52.2 Å². The highest BCUT2D eigenvalue weighted by Gasteiger charge is 2.71. The Hall–Kier alpha value is -1.86. The molecule has 0 aromatic heterocycles. The largest absolute Gasteiger partial charge is 0.394 e. The van der Waals surface area contributed by atoms with Gasteiger partial charge in [0.2, 0.25) is 17.5 Å². The number of aliphatic hydroxyl groups excluding tert-OH is 9. The molecule has 2 amide bonds. The quantitative estimate of drug-likeness (QED) is 0.0605. The maximum absolute atomic E-state index is 13.2. The normalized spacial score (nSPS) is 47.7. The summed E-state index contributed by atoms with van der Waals surface area (Å²) in [6.45, 7) is 1.74. The van der Waals surface area contributed by atoms with E-state index in [9.17, 15) is 60.7 Å². The van der Waals surface area contributed by atoms with Crippen LogP contribution in [0.4, 0.5) is 0 Å². The molecule has 4 bridgehead atoms. The summed E-state index contributed by atoms with van der Waals surface area (Å²) >= 11 is 0. The number of rotatable bonds is 17. The summed E-state index contributed by atoms with van der Waals surface area (Å²) in [5.41, 5.74) is 2.19. The summed E-state index contributed by atoms with van der Waals surface area (Å²) in [5.74, 6) is -4.46. The second kappa shape index (κ2) is 18.6. The van der Waals surface area contributed by atoms with E-state index in [0.29, 0.717) is 12.8 Å². The fourth-order valence-corrected chi connectivity index (χ4v) is 8.37. The zero-order valence-corrected chi connectivity index (χ0v) is 32.0. The van der Waals surface area contributed by atoms with Crippen LogP contribution in [0, 0.1) is 0 Å². The molecule has 0 spiro atoms. The molecule has 0 aromatic carbocycles. The van der Waals surface area contributed by atoms with Gasteiger partial charge in [-0.05, 0) is 12.8 Å². The molecule has 6 aliphatic rings. The van der Waals surface area contributed by atoms with Gasteiger partial charge in [-0.15, -0.1) is 0 Å². The van der Waals surface area contributed by atoms with E-state index in [1.807, 2.05) is 0 Å². The average Bonchev–Trinajstić information content (AvgIpc) is 3.68. The maximum atomic E-state index is 13.2. The van der Waals surface area contributed by atoms with Crippen molar-refractivity contribution in [2.45, 2.75) is 162 Å². The number of primary amides is 1. The van der Waals surface area contributed by atoms with Gasteiger partial charge >= 0.3 is 0 Å². The molecule has 6 rings (SSSR count). The van der Waals surface area contributed by atoms with Crippen LogP contribution in [0.1, 0.15) is 39.5 Å². The maximum Gasteiger partial charge on any atom is 0.284 e. The van der Waals surface area contributed by atoms with Crippen molar-refractivity contribution in [2.24, 2.45) is 5.73 Å². The van der Waals surface area contributed by atoms with Crippen LogP contribution >= 0.6 is 0 Å². The third kappa shape index (κ3) is 8.37. The molecule has 6 saturated heterocycles. The number of ether oxygens (including phenoxy) is 9. The lowest BCUT2D eigenvalue weighted by atomic mass is 9.88. The first-order valence-electron chi connectivity index (χ1n) is 19.5. The highest BCUT2D eigenvalue weighted by molar-refractivity contribution is 5.83. The molecule has 13 N–H and O–H groups in total. The van der Waals surface area contributed by atoms with Gasteiger partial charge in [-0.3, -0.25) is 9.59 Å². The summed E-state index contributed by atoms with van der Waals surface area (Å²) in [5, 5.41) is 112. The van der Waals surface area contributed by atoms with E-state index in [1.165, 1.54) is 4.90 Å². The predicted molar refractivity (Wildman–Crippen MR) is 184 cm³/mol. The fraction of sp³-hybridized carbons (Fsp3) is 0.941. The van der Waals surface area contributed by atoms with Gasteiger partial charge in [-0.2, -0.15) is 0 Å². The molecule has 0 saturated carbocycles. The van der Waals surface area contributed by atoms with E-state index in [2.05, 4.69) is 5.32 Å². The van der Waals surface area contributed by atoms with Crippen LogP contribution in [0.3, 0.4) is 0 Å². The molecule has 0 aliphatic carbocycles. The van der Waals surface area contributed by atoms with Crippen LogP contribution in [0.15, 0.2) is 0 Å². The smallest absolute Gasteiger partial charge is 0.284 e. The average molecular weight is 844 g/mol. The van der Waals surface area contributed by atoms with E-state index in [1.54, 1.807) is 13.8 Å². The highest BCUT2D eigenvalue weighted by Crippen LogP contribution is 2.45. The third-order valence-electron chi connectivity index (χ3n) is 11.3. The molecule has 24 heteroatoms. The number of amides is 2. The number of carbonyl (C=O) groups excluding carboxylic acids is 2. The first kappa shape index (κ1) is 45.7. The molecule has 334 valence electrons. The van der Waals surface area contributed by atoms with Crippen molar-refractivity contribution in [3.63, 3.8) is 0 Å². The minimum Gasteiger partial charge on any atom is -0.394 e. The second-order valence-corrected chi connectivity index (χ2v) is 15.3. The van der Waals surface area contributed by atoms with E-state index in [0.717, 1.165) is 0 Å². The Kier molecular flexibility index (Phi) is 14.7. The first-order chi connectivity index (χ1) is 27.5. The van der Waals surface area contributed by atoms with Crippen molar-refractivity contribution in [1.29, 1.82) is 0 Å². The molecule has 20 atom stereocenters. The van der Waals surface area contributed by atoms with Gasteiger partial charge in [-0.25, -0.2) is 4.90 Å². The number of nitrogens with one attached hydrogen (secondary N) is 1. The second-order valence-electron chi connectivity index (χ2n) is 15.3. The van der Waals surface area contributed by atoms with Crippen molar-refractivity contribution in [2.75, 3.05) is 39.5 Å². The van der Waals surface area contributed by atoms with Gasteiger partial charge in [-0.1, -0.05) is 13.8 Å². The number of hydrogen-bond donors (Lipinski definition) is 12. The number of fused-ring (bicyclic) bond motifs is 4. The fourth-order valence-electron chi connectivity index (χ4n) is 8.37. The van der Waals surface area contributed by atoms with Crippen molar-refractivity contribution in [3.05, 3.63) is 0 Å².